The highest BCUT2D eigenvalue weighted by molar-refractivity contribution is 6.34. The van der Waals surface area contributed by atoms with Gasteiger partial charge in [-0.1, -0.05) is 11.6 Å². The second-order valence-corrected chi connectivity index (χ2v) is 10.2. The molecule has 1 aliphatic heterocycles. The number of benzene rings is 2. The molecule has 220 valence electrons. The first-order valence-electron chi connectivity index (χ1n) is 12.8. The third kappa shape index (κ3) is 6.50. The summed E-state index contributed by atoms with van der Waals surface area (Å²) in [7, 11) is 5.11. The fourth-order valence-corrected chi connectivity index (χ4v) is 4.74. The first kappa shape index (κ1) is 30.4. The lowest BCUT2D eigenvalue weighted by Crippen LogP contribution is -2.52. The molecule has 0 aliphatic carbocycles. The third-order valence-electron chi connectivity index (χ3n) is 6.63. The Morgan fingerprint density at radius 1 is 1.10 bits per heavy atom. The molecule has 3 amide bonds. The smallest absolute Gasteiger partial charge is 0.291 e. The minimum absolute atomic E-state index is 0.00174. The molecule has 42 heavy (non-hydrogen) atoms. The van der Waals surface area contributed by atoms with Crippen LogP contribution in [0, 0.1) is 23.0 Å². The Balaban J connectivity index is 1.43. The van der Waals surface area contributed by atoms with Crippen LogP contribution < -0.4 is 10.1 Å². The summed E-state index contributed by atoms with van der Waals surface area (Å²) in [6.07, 6.45) is 1.23. The summed E-state index contributed by atoms with van der Waals surface area (Å²) in [4.78, 5) is 47.5. The molecule has 1 aromatic heterocycles. The van der Waals surface area contributed by atoms with Crippen LogP contribution in [0.25, 0.3) is 11.3 Å². The fourth-order valence-electron chi connectivity index (χ4n) is 4.47. The zero-order valence-electron chi connectivity index (χ0n) is 23.2. The molecule has 0 bridgehead atoms. The predicted molar refractivity (Wildman–Crippen MR) is 150 cm³/mol. The minimum atomic E-state index is -1.26. The standard InChI is InChI=1S/C28H28ClF2N7O4/c1-35(2)16-23(39)37-9-11-38(12-10-37)28(41)18-5-4-17(14-20(18)29)34-27(40)26-33-15-21(36(26)3)19-6-7-22(42-13-8-32)25(31)24(19)30/h4-7,14-15H,9-13,16H2,1-3H3,(H,34,40). The SMILES string of the molecule is CN(C)CC(=O)N1CCN(C(=O)c2ccc(NC(=O)c3ncc(-c4ccc(OCC#N)c(F)c4F)n3C)cc2Cl)CC1. The molecule has 2 heterocycles. The van der Waals surface area contributed by atoms with Gasteiger partial charge in [0.25, 0.3) is 11.8 Å². The van der Waals surface area contributed by atoms with E-state index in [1.165, 1.54) is 48.1 Å². The summed E-state index contributed by atoms with van der Waals surface area (Å²) in [5, 5.41) is 11.4. The maximum atomic E-state index is 14.7. The average Bonchev–Trinajstić information content (AvgIpc) is 3.34. The molecule has 1 fully saturated rings. The summed E-state index contributed by atoms with van der Waals surface area (Å²) >= 11 is 6.41. The highest BCUT2D eigenvalue weighted by Crippen LogP contribution is 2.30. The number of carbonyl (C=O) groups is 3. The lowest BCUT2D eigenvalue weighted by Gasteiger charge is -2.35. The number of halogens is 3. The van der Waals surface area contributed by atoms with Gasteiger partial charge in [-0.25, -0.2) is 9.37 Å². The maximum Gasteiger partial charge on any atom is 0.291 e. The lowest BCUT2D eigenvalue weighted by atomic mass is 10.1. The zero-order chi connectivity index (χ0) is 30.6. The number of nitriles is 1. The van der Waals surface area contributed by atoms with Gasteiger partial charge in [0.05, 0.1) is 29.0 Å². The number of amides is 3. The topological polar surface area (TPSA) is 124 Å². The first-order valence-corrected chi connectivity index (χ1v) is 13.2. The summed E-state index contributed by atoms with van der Waals surface area (Å²) < 4.78 is 35.3. The van der Waals surface area contributed by atoms with Crippen molar-refractivity contribution in [3.05, 3.63) is 64.6 Å². The molecule has 0 spiro atoms. The summed E-state index contributed by atoms with van der Waals surface area (Å²) in [6, 6.07) is 8.59. The molecule has 2 aromatic carbocycles. The summed E-state index contributed by atoms with van der Waals surface area (Å²) in [5.41, 5.74) is 0.522. The average molecular weight is 600 g/mol. The van der Waals surface area contributed by atoms with Crippen LogP contribution in [0.2, 0.25) is 5.02 Å². The largest absolute Gasteiger partial charge is 0.476 e. The van der Waals surface area contributed by atoms with Crippen LogP contribution in [0.4, 0.5) is 14.5 Å². The van der Waals surface area contributed by atoms with Crippen LogP contribution in [0.1, 0.15) is 21.0 Å². The van der Waals surface area contributed by atoms with Crippen LogP contribution >= 0.6 is 11.6 Å². The predicted octanol–water partition coefficient (Wildman–Crippen LogP) is 3.02. The Kier molecular flexibility index (Phi) is 9.39. The number of nitrogens with one attached hydrogen (secondary N) is 1. The molecule has 0 radical (unpaired) electrons. The number of hydrogen-bond donors (Lipinski definition) is 1. The van der Waals surface area contributed by atoms with Crippen LogP contribution in [0.3, 0.4) is 0 Å². The monoisotopic (exact) mass is 599 g/mol. The number of aromatic nitrogens is 2. The van der Waals surface area contributed by atoms with Gasteiger partial charge < -0.3 is 29.3 Å². The van der Waals surface area contributed by atoms with Gasteiger partial charge in [-0.05, 0) is 44.4 Å². The van der Waals surface area contributed by atoms with E-state index >= 15 is 0 Å². The molecule has 1 saturated heterocycles. The normalized spacial score (nSPS) is 13.2. The zero-order valence-corrected chi connectivity index (χ0v) is 23.9. The molecule has 14 heteroatoms. The van der Waals surface area contributed by atoms with Crippen molar-refractivity contribution in [2.45, 2.75) is 0 Å². The summed E-state index contributed by atoms with van der Waals surface area (Å²) in [5.74, 6) is -3.91. The Labute approximate surface area is 245 Å². The van der Waals surface area contributed by atoms with E-state index in [1.807, 2.05) is 14.1 Å². The van der Waals surface area contributed by atoms with Crippen LogP contribution in [-0.4, -0.2) is 95.4 Å². The van der Waals surface area contributed by atoms with Crippen molar-refractivity contribution < 1.29 is 27.9 Å². The van der Waals surface area contributed by atoms with Gasteiger partial charge in [0.15, 0.2) is 24.0 Å². The van der Waals surface area contributed by atoms with Gasteiger partial charge in [0.1, 0.15) is 6.07 Å². The molecule has 1 aliphatic rings. The van der Waals surface area contributed by atoms with Crippen molar-refractivity contribution in [1.29, 1.82) is 5.26 Å². The Morgan fingerprint density at radius 3 is 2.43 bits per heavy atom. The van der Waals surface area contributed by atoms with E-state index in [0.29, 0.717) is 38.4 Å². The number of likely N-dealkylation sites (N-methyl/N-ethyl adjacent to an activating group) is 1. The van der Waals surface area contributed by atoms with Gasteiger partial charge in [-0.15, -0.1) is 0 Å². The number of piperazine rings is 1. The van der Waals surface area contributed by atoms with Gasteiger partial charge in [0.2, 0.25) is 11.7 Å². The minimum Gasteiger partial charge on any atom is -0.476 e. The van der Waals surface area contributed by atoms with E-state index in [1.54, 1.807) is 20.8 Å². The van der Waals surface area contributed by atoms with Gasteiger partial charge >= 0.3 is 0 Å². The van der Waals surface area contributed by atoms with Gasteiger partial charge in [0, 0.05) is 44.5 Å². The molecule has 1 N–H and O–H groups in total. The van der Waals surface area contributed by atoms with Crippen molar-refractivity contribution in [3.8, 4) is 23.1 Å². The molecule has 0 saturated carbocycles. The lowest BCUT2D eigenvalue weighted by molar-refractivity contribution is -0.133. The molecule has 11 nitrogen and oxygen atoms in total. The maximum absolute atomic E-state index is 14.7. The van der Waals surface area contributed by atoms with Crippen molar-refractivity contribution in [1.82, 2.24) is 24.3 Å². The highest BCUT2D eigenvalue weighted by atomic mass is 35.5. The number of rotatable bonds is 8. The van der Waals surface area contributed by atoms with E-state index < -0.39 is 29.9 Å². The second kappa shape index (κ2) is 13.0. The Hall–Kier alpha value is -4.54. The number of carbonyl (C=O) groups excluding carboxylic acids is 3. The van der Waals surface area contributed by atoms with Crippen molar-refractivity contribution >= 4 is 35.0 Å². The molecular weight excluding hydrogens is 572 g/mol. The second-order valence-electron chi connectivity index (χ2n) is 9.77. The molecule has 0 atom stereocenters. The quantitative estimate of drug-likeness (QED) is 0.422. The molecule has 0 unspecified atom stereocenters. The van der Waals surface area contributed by atoms with Gasteiger partial charge in [-0.2, -0.15) is 9.65 Å². The van der Waals surface area contributed by atoms with Crippen molar-refractivity contribution in [3.63, 3.8) is 0 Å². The van der Waals surface area contributed by atoms with Crippen molar-refractivity contribution in [2.24, 2.45) is 7.05 Å². The van der Waals surface area contributed by atoms with Crippen LogP contribution in [-0.2, 0) is 11.8 Å². The van der Waals surface area contributed by atoms with Gasteiger partial charge in [-0.3, -0.25) is 14.4 Å². The summed E-state index contributed by atoms with van der Waals surface area (Å²) in [6.45, 7) is 1.44. The Bertz CT molecular complexity index is 1560. The molecule has 4 rings (SSSR count). The van der Waals surface area contributed by atoms with Crippen molar-refractivity contribution in [2.75, 3.05) is 58.7 Å². The number of nitrogens with zero attached hydrogens (tertiary/aromatic N) is 6. The van der Waals surface area contributed by atoms with E-state index in [-0.39, 0.29) is 39.5 Å². The number of anilines is 1. The van der Waals surface area contributed by atoms with Crippen LogP contribution in [0.5, 0.6) is 5.75 Å². The van der Waals surface area contributed by atoms with E-state index in [0.717, 1.165) is 0 Å². The highest BCUT2D eigenvalue weighted by Gasteiger charge is 2.27. The number of hydrogen-bond acceptors (Lipinski definition) is 7. The van der Waals surface area contributed by atoms with Crippen LogP contribution in [0.15, 0.2) is 36.5 Å². The van der Waals surface area contributed by atoms with E-state index in [9.17, 15) is 23.2 Å². The van der Waals surface area contributed by atoms with E-state index in [4.69, 9.17) is 21.6 Å². The number of imidazole rings is 1. The fraction of sp³-hybridized carbons (Fsp3) is 0.321. The third-order valence-corrected chi connectivity index (χ3v) is 6.95. The number of ether oxygens (including phenoxy) is 1. The van der Waals surface area contributed by atoms with E-state index in [2.05, 4.69) is 10.3 Å². The molecular formula is C28H28ClF2N7O4. The Morgan fingerprint density at radius 2 is 1.79 bits per heavy atom. The molecule has 3 aromatic rings. The first-order chi connectivity index (χ1) is 20.0.